The molecule has 2 saturated heterocycles. The first-order chi connectivity index (χ1) is 11.1. The molecule has 1 N–H and O–H groups in total. The minimum Gasteiger partial charge on any atom is -0.392 e. The molecular weight excluding hydrogens is 290 g/mol. The van der Waals surface area contributed by atoms with Crippen LogP contribution in [-0.4, -0.2) is 71.9 Å². The molecule has 0 spiro atoms. The van der Waals surface area contributed by atoms with Gasteiger partial charge >= 0.3 is 0 Å². The number of hydrogen-bond donors (Lipinski definition) is 1. The van der Waals surface area contributed by atoms with E-state index in [0.717, 1.165) is 63.4 Å². The third-order valence-electron chi connectivity index (χ3n) is 4.84. The van der Waals surface area contributed by atoms with E-state index in [2.05, 4.69) is 37.7 Å². The third-order valence-corrected chi connectivity index (χ3v) is 4.84. The molecular formula is C17H29N5O. The Morgan fingerprint density at radius 3 is 2.48 bits per heavy atom. The monoisotopic (exact) mass is 319 g/mol. The lowest BCUT2D eigenvalue weighted by molar-refractivity contribution is 0.122. The summed E-state index contributed by atoms with van der Waals surface area (Å²) in [7, 11) is 0. The van der Waals surface area contributed by atoms with Crippen LogP contribution in [0.2, 0.25) is 0 Å². The highest BCUT2D eigenvalue weighted by Gasteiger charge is 2.21. The molecule has 1 unspecified atom stereocenters. The number of hydrogen-bond acceptors (Lipinski definition) is 6. The SMILES string of the molecule is CC1CCCN(c2cc(N3CCN(C[C@@H](C)O)CC3)ncn2)C1. The number of piperidine rings is 1. The van der Waals surface area contributed by atoms with E-state index in [4.69, 9.17) is 0 Å². The molecule has 2 fully saturated rings. The summed E-state index contributed by atoms with van der Waals surface area (Å²) < 4.78 is 0. The van der Waals surface area contributed by atoms with Crippen molar-refractivity contribution >= 4 is 11.6 Å². The van der Waals surface area contributed by atoms with Gasteiger partial charge in [-0.15, -0.1) is 0 Å². The number of aromatic nitrogens is 2. The standard InChI is InChI=1S/C17H29N5O/c1-14-4-3-5-22(11-14)17-10-16(18-13-19-17)21-8-6-20(7-9-21)12-15(2)23/h10,13-15,23H,3-9,11-12H2,1-2H3/t14?,15-/m1/s1. The molecule has 0 amide bonds. The molecule has 128 valence electrons. The zero-order chi connectivity index (χ0) is 16.2. The second kappa shape index (κ2) is 7.45. The van der Waals surface area contributed by atoms with Gasteiger partial charge < -0.3 is 14.9 Å². The van der Waals surface area contributed by atoms with Crippen molar-refractivity contribution in [2.24, 2.45) is 5.92 Å². The summed E-state index contributed by atoms with van der Waals surface area (Å²) >= 11 is 0. The van der Waals surface area contributed by atoms with Crippen LogP contribution in [0.3, 0.4) is 0 Å². The van der Waals surface area contributed by atoms with Crippen molar-refractivity contribution in [3.05, 3.63) is 12.4 Å². The molecule has 6 nitrogen and oxygen atoms in total. The van der Waals surface area contributed by atoms with Crippen LogP contribution < -0.4 is 9.80 Å². The maximum atomic E-state index is 9.51. The Labute approximate surface area is 139 Å². The Kier molecular flexibility index (Phi) is 5.33. The van der Waals surface area contributed by atoms with E-state index in [9.17, 15) is 5.11 Å². The lowest BCUT2D eigenvalue weighted by Gasteiger charge is -2.36. The second-order valence-electron chi connectivity index (χ2n) is 7.06. The normalized spacial score (nSPS) is 24.7. The number of piperazine rings is 1. The van der Waals surface area contributed by atoms with Crippen molar-refractivity contribution in [1.82, 2.24) is 14.9 Å². The molecule has 2 aliphatic heterocycles. The summed E-state index contributed by atoms with van der Waals surface area (Å²) in [6.45, 7) is 11.0. The van der Waals surface area contributed by atoms with Gasteiger partial charge in [0, 0.05) is 51.9 Å². The second-order valence-corrected chi connectivity index (χ2v) is 7.06. The molecule has 3 rings (SSSR count). The molecule has 0 aliphatic carbocycles. The smallest absolute Gasteiger partial charge is 0.134 e. The Morgan fingerprint density at radius 1 is 1.13 bits per heavy atom. The van der Waals surface area contributed by atoms with E-state index in [1.807, 2.05) is 6.92 Å². The highest BCUT2D eigenvalue weighted by Crippen LogP contribution is 2.24. The Balaban J connectivity index is 1.62. The summed E-state index contributed by atoms with van der Waals surface area (Å²) in [6.07, 6.45) is 4.01. The van der Waals surface area contributed by atoms with Crippen LogP contribution in [0.25, 0.3) is 0 Å². The first-order valence-electron chi connectivity index (χ1n) is 8.84. The van der Waals surface area contributed by atoms with Crippen LogP contribution in [0.1, 0.15) is 26.7 Å². The first kappa shape index (κ1) is 16.5. The van der Waals surface area contributed by atoms with E-state index in [1.54, 1.807) is 6.33 Å². The average Bonchev–Trinajstić information content (AvgIpc) is 2.55. The predicted molar refractivity (Wildman–Crippen MR) is 93.0 cm³/mol. The molecule has 0 radical (unpaired) electrons. The molecule has 0 aromatic carbocycles. The van der Waals surface area contributed by atoms with Crippen LogP contribution in [0, 0.1) is 5.92 Å². The van der Waals surface area contributed by atoms with Gasteiger partial charge in [0.15, 0.2) is 0 Å². The number of β-amino-alcohol motifs (C(OH)–C–C–N with tert-alkyl or cyclic N) is 1. The first-order valence-corrected chi connectivity index (χ1v) is 8.84. The van der Waals surface area contributed by atoms with E-state index >= 15 is 0 Å². The molecule has 3 heterocycles. The van der Waals surface area contributed by atoms with Gasteiger partial charge in [-0.3, -0.25) is 4.90 Å². The van der Waals surface area contributed by atoms with Crippen molar-refractivity contribution in [2.75, 3.05) is 55.6 Å². The van der Waals surface area contributed by atoms with Gasteiger partial charge in [-0.2, -0.15) is 0 Å². The largest absolute Gasteiger partial charge is 0.392 e. The third kappa shape index (κ3) is 4.32. The van der Waals surface area contributed by atoms with Crippen molar-refractivity contribution in [2.45, 2.75) is 32.8 Å². The number of nitrogens with zero attached hydrogens (tertiary/aromatic N) is 5. The van der Waals surface area contributed by atoms with E-state index < -0.39 is 0 Å². The average molecular weight is 319 g/mol. The molecule has 23 heavy (non-hydrogen) atoms. The summed E-state index contributed by atoms with van der Waals surface area (Å²) in [5.41, 5.74) is 0. The Morgan fingerprint density at radius 2 is 1.83 bits per heavy atom. The number of aliphatic hydroxyl groups is 1. The van der Waals surface area contributed by atoms with E-state index in [-0.39, 0.29) is 6.10 Å². The topological polar surface area (TPSA) is 55.7 Å². The molecule has 2 atom stereocenters. The summed E-state index contributed by atoms with van der Waals surface area (Å²) in [5, 5.41) is 9.51. The van der Waals surface area contributed by atoms with Crippen molar-refractivity contribution < 1.29 is 5.11 Å². The molecule has 0 saturated carbocycles. The fourth-order valence-electron chi connectivity index (χ4n) is 3.61. The Hall–Kier alpha value is -1.40. The Bertz CT molecular complexity index is 502. The fraction of sp³-hybridized carbons (Fsp3) is 0.765. The summed E-state index contributed by atoms with van der Waals surface area (Å²) in [4.78, 5) is 16.0. The van der Waals surface area contributed by atoms with Crippen LogP contribution in [0.15, 0.2) is 12.4 Å². The van der Waals surface area contributed by atoms with E-state index in [1.165, 1.54) is 12.8 Å². The van der Waals surface area contributed by atoms with Crippen LogP contribution in [0.5, 0.6) is 0 Å². The quantitative estimate of drug-likeness (QED) is 0.900. The van der Waals surface area contributed by atoms with Crippen LogP contribution >= 0.6 is 0 Å². The van der Waals surface area contributed by atoms with Crippen molar-refractivity contribution in [3.8, 4) is 0 Å². The summed E-state index contributed by atoms with van der Waals surface area (Å²) in [5.74, 6) is 2.84. The van der Waals surface area contributed by atoms with Gasteiger partial charge in [-0.05, 0) is 25.7 Å². The van der Waals surface area contributed by atoms with Gasteiger partial charge in [-0.25, -0.2) is 9.97 Å². The number of rotatable bonds is 4. The zero-order valence-electron chi connectivity index (χ0n) is 14.4. The minimum atomic E-state index is -0.256. The van der Waals surface area contributed by atoms with Crippen molar-refractivity contribution in [1.29, 1.82) is 0 Å². The van der Waals surface area contributed by atoms with Gasteiger partial charge in [0.05, 0.1) is 6.10 Å². The van der Waals surface area contributed by atoms with Gasteiger partial charge in [0.2, 0.25) is 0 Å². The summed E-state index contributed by atoms with van der Waals surface area (Å²) in [6, 6.07) is 2.14. The van der Waals surface area contributed by atoms with Gasteiger partial charge in [-0.1, -0.05) is 6.92 Å². The predicted octanol–water partition coefficient (Wildman–Crippen LogP) is 1.22. The highest BCUT2D eigenvalue weighted by molar-refractivity contribution is 5.50. The molecule has 2 aliphatic rings. The number of anilines is 2. The van der Waals surface area contributed by atoms with Crippen LogP contribution in [-0.2, 0) is 0 Å². The minimum absolute atomic E-state index is 0.256. The zero-order valence-corrected chi connectivity index (χ0v) is 14.4. The molecule has 0 bridgehead atoms. The van der Waals surface area contributed by atoms with Crippen molar-refractivity contribution in [3.63, 3.8) is 0 Å². The molecule has 1 aromatic heterocycles. The highest BCUT2D eigenvalue weighted by atomic mass is 16.3. The lowest BCUT2D eigenvalue weighted by Crippen LogP contribution is -2.48. The molecule has 1 aromatic rings. The maximum Gasteiger partial charge on any atom is 0.134 e. The maximum absolute atomic E-state index is 9.51. The fourth-order valence-corrected chi connectivity index (χ4v) is 3.61. The van der Waals surface area contributed by atoms with Gasteiger partial charge in [0.1, 0.15) is 18.0 Å². The van der Waals surface area contributed by atoms with E-state index in [0.29, 0.717) is 0 Å². The molecule has 6 heteroatoms. The lowest BCUT2D eigenvalue weighted by atomic mass is 10.0. The van der Waals surface area contributed by atoms with Crippen LogP contribution in [0.4, 0.5) is 11.6 Å². The van der Waals surface area contributed by atoms with Gasteiger partial charge in [0.25, 0.3) is 0 Å². The number of aliphatic hydroxyl groups excluding tert-OH is 1.